The van der Waals surface area contributed by atoms with Crippen molar-refractivity contribution < 1.29 is 18.3 Å². The summed E-state index contributed by atoms with van der Waals surface area (Å²) in [5.74, 6) is -3.75. The topological polar surface area (TPSA) is 60.2 Å². The lowest BCUT2D eigenvalue weighted by Gasteiger charge is -2.26. The van der Waals surface area contributed by atoms with Gasteiger partial charge in [0.2, 0.25) is 5.96 Å². The minimum absolute atomic E-state index is 0.0303. The Morgan fingerprint density at radius 2 is 1.85 bits per heavy atom. The fourth-order valence-corrected chi connectivity index (χ4v) is 2.56. The van der Waals surface area contributed by atoms with Gasteiger partial charge in [-0.2, -0.15) is 5.10 Å². The molecule has 1 heterocycles. The summed E-state index contributed by atoms with van der Waals surface area (Å²) in [5.41, 5.74) is 2.89. The maximum Gasteiger partial charge on any atom is 0.224 e. The van der Waals surface area contributed by atoms with Crippen LogP contribution in [0.3, 0.4) is 0 Å². The van der Waals surface area contributed by atoms with Gasteiger partial charge in [0.05, 0.1) is 30.8 Å². The first-order valence-electron chi connectivity index (χ1n) is 8.07. The van der Waals surface area contributed by atoms with E-state index in [0.29, 0.717) is 17.3 Å². The Labute approximate surface area is 154 Å². The molecule has 3 rings (SSSR count). The Morgan fingerprint density at radius 3 is 2.48 bits per heavy atom. The van der Waals surface area contributed by atoms with Gasteiger partial charge in [-0.05, 0) is 41.8 Å². The van der Waals surface area contributed by atoms with Gasteiger partial charge in [-0.15, -0.1) is 0 Å². The van der Waals surface area contributed by atoms with Crippen LogP contribution < -0.4 is 5.32 Å². The summed E-state index contributed by atoms with van der Waals surface area (Å²) >= 11 is 0. The molecule has 0 saturated heterocycles. The molecule has 0 saturated carbocycles. The van der Waals surface area contributed by atoms with Crippen LogP contribution in [-0.2, 0) is 13.2 Å². The molecule has 0 aromatic heterocycles. The van der Waals surface area contributed by atoms with Gasteiger partial charge in [-0.3, -0.25) is 0 Å². The SMILES string of the molecule is C=C1C=NN(Cc2cc(F)c(F)c(F)c2)C(=Nc2ccc(CO)cc2C)N1. The van der Waals surface area contributed by atoms with E-state index < -0.39 is 17.5 Å². The molecule has 0 aliphatic carbocycles. The van der Waals surface area contributed by atoms with E-state index in [1.165, 1.54) is 11.2 Å². The molecule has 8 heteroatoms. The van der Waals surface area contributed by atoms with Crippen molar-refractivity contribution in [3.63, 3.8) is 0 Å². The summed E-state index contributed by atoms with van der Waals surface area (Å²) in [6.45, 7) is 5.50. The van der Waals surface area contributed by atoms with Crippen LogP contribution in [0.25, 0.3) is 0 Å². The highest BCUT2D eigenvalue weighted by Gasteiger charge is 2.19. The van der Waals surface area contributed by atoms with Crippen LogP contribution in [0.4, 0.5) is 18.9 Å². The van der Waals surface area contributed by atoms with E-state index in [1.54, 1.807) is 18.2 Å². The quantitative estimate of drug-likeness (QED) is 0.806. The predicted molar refractivity (Wildman–Crippen MR) is 96.8 cm³/mol. The largest absolute Gasteiger partial charge is 0.392 e. The molecule has 0 bridgehead atoms. The van der Waals surface area contributed by atoms with Crippen molar-refractivity contribution in [2.24, 2.45) is 10.1 Å². The average Bonchev–Trinajstić information content (AvgIpc) is 2.63. The smallest absolute Gasteiger partial charge is 0.224 e. The van der Waals surface area contributed by atoms with Crippen LogP contribution in [0.5, 0.6) is 0 Å². The Morgan fingerprint density at radius 1 is 1.15 bits per heavy atom. The van der Waals surface area contributed by atoms with Crippen LogP contribution in [0.15, 0.2) is 52.7 Å². The Bertz CT molecular complexity index is 933. The molecule has 1 aliphatic rings. The fraction of sp³-hybridized carbons (Fsp3) is 0.158. The zero-order valence-electron chi connectivity index (χ0n) is 14.5. The van der Waals surface area contributed by atoms with Crippen molar-refractivity contribution in [1.29, 1.82) is 0 Å². The third kappa shape index (κ3) is 4.17. The number of hydrogen-bond acceptors (Lipinski definition) is 3. The monoisotopic (exact) mass is 374 g/mol. The number of benzene rings is 2. The van der Waals surface area contributed by atoms with Crippen molar-refractivity contribution in [3.05, 3.63) is 76.7 Å². The number of allylic oxidation sites excluding steroid dienone is 1. The number of aryl methyl sites for hydroxylation is 1. The Kier molecular flexibility index (Phi) is 5.27. The number of nitrogens with one attached hydrogen (secondary N) is 1. The summed E-state index contributed by atoms with van der Waals surface area (Å²) in [5, 5.41) is 17.7. The summed E-state index contributed by atoms with van der Waals surface area (Å²) in [6, 6.07) is 7.11. The minimum atomic E-state index is -1.51. The van der Waals surface area contributed by atoms with Gasteiger partial charge < -0.3 is 10.4 Å². The second kappa shape index (κ2) is 7.63. The number of rotatable bonds is 4. The molecular formula is C19H17F3N4O. The first kappa shape index (κ1) is 18.7. The van der Waals surface area contributed by atoms with Crippen LogP contribution in [0.2, 0.25) is 0 Å². The number of guanidine groups is 1. The lowest BCUT2D eigenvalue weighted by atomic mass is 10.1. The van der Waals surface area contributed by atoms with Crippen LogP contribution >= 0.6 is 0 Å². The zero-order chi connectivity index (χ0) is 19.6. The first-order valence-corrected chi connectivity index (χ1v) is 8.07. The number of nitrogens with zero attached hydrogens (tertiary/aromatic N) is 3. The van der Waals surface area contributed by atoms with Gasteiger partial charge in [0.1, 0.15) is 0 Å². The van der Waals surface area contributed by atoms with Gasteiger partial charge in [0.15, 0.2) is 17.5 Å². The number of aliphatic hydroxyl groups excluding tert-OH is 1. The van der Waals surface area contributed by atoms with Gasteiger partial charge >= 0.3 is 0 Å². The third-order valence-corrected chi connectivity index (χ3v) is 3.92. The molecule has 2 aromatic rings. The van der Waals surface area contributed by atoms with Crippen molar-refractivity contribution in [2.75, 3.05) is 0 Å². The fourth-order valence-electron chi connectivity index (χ4n) is 2.56. The molecule has 5 nitrogen and oxygen atoms in total. The minimum Gasteiger partial charge on any atom is -0.392 e. The van der Waals surface area contributed by atoms with E-state index in [4.69, 9.17) is 0 Å². The van der Waals surface area contributed by atoms with E-state index in [9.17, 15) is 18.3 Å². The highest BCUT2D eigenvalue weighted by Crippen LogP contribution is 2.22. The van der Waals surface area contributed by atoms with Crippen molar-refractivity contribution in [3.8, 4) is 0 Å². The molecule has 27 heavy (non-hydrogen) atoms. The van der Waals surface area contributed by atoms with Crippen molar-refractivity contribution in [1.82, 2.24) is 10.3 Å². The lowest BCUT2D eigenvalue weighted by Crippen LogP contribution is -2.41. The molecule has 0 unspecified atom stereocenters. The summed E-state index contributed by atoms with van der Waals surface area (Å²) < 4.78 is 40.1. The molecule has 2 N–H and O–H groups in total. The number of aliphatic imine (C=N–C) groups is 1. The first-order chi connectivity index (χ1) is 12.9. The molecule has 0 spiro atoms. The van der Waals surface area contributed by atoms with Crippen molar-refractivity contribution in [2.45, 2.75) is 20.1 Å². The standard InChI is InChI=1S/C19H17F3N4O/c1-11-5-13(10-27)3-4-17(11)25-19-24-12(2)8-23-26(19)9-14-6-15(20)18(22)16(21)7-14/h3-8,27H,2,9-10H2,1H3,(H,24,25). The van der Waals surface area contributed by atoms with E-state index in [2.05, 4.69) is 22.0 Å². The number of aliphatic hydroxyl groups is 1. The van der Waals surface area contributed by atoms with Gasteiger partial charge in [-0.1, -0.05) is 18.7 Å². The predicted octanol–water partition coefficient (Wildman–Crippen LogP) is 3.50. The van der Waals surface area contributed by atoms with Crippen LogP contribution in [-0.4, -0.2) is 22.3 Å². The molecule has 0 amide bonds. The Balaban J connectivity index is 1.93. The van der Waals surface area contributed by atoms with Crippen LogP contribution in [0.1, 0.15) is 16.7 Å². The summed E-state index contributed by atoms with van der Waals surface area (Å²) in [7, 11) is 0. The maximum atomic E-state index is 13.5. The third-order valence-electron chi connectivity index (χ3n) is 3.92. The van der Waals surface area contributed by atoms with E-state index in [0.717, 1.165) is 23.3 Å². The lowest BCUT2D eigenvalue weighted by molar-refractivity contribution is 0.282. The highest BCUT2D eigenvalue weighted by molar-refractivity contribution is 5.94. The summed E-state index contributed by atoms with van der Waals surface area (Å²) in [6.07, 6.45) is 1.44. The van der Waals surface area contributed by atoms with E-state index >= 15 is 0 Å². The van der Waals surface area contributed by atoms with Gasteiger partial charge in [-0.25, -0.2) is 23.2 Å². The van der Waals surface area contributed by atoms with E-state index in [1.807, 2.05) is 6.92 Å². The number of hydrazone groups is 1. The normalized spacial score (nSPS) is 15.4. The van der Waals surface area contributed by atoms with E-state index in [-0.39, 0.29) is 18.7 Å². The van der Waals surface area contributed by atoms with Crippen molar-refractivity contribution >= 4 is 17.9 Å². The molecule has 0 atom stereocenters. The highest BCUT2D eigenvalue weighted by atomic mass is 19.2. The molecule has 0 radical (unpaired) electrons. The van der Waals surface area contributed by atoms with Gasteiger partial charge in [0.25, 0.3) is 0 Å². The summed E-state index contributed by atoms with van der Waals surface area (Å²) in [4.78, 5) is 4.50. The zero-order valence-corrected chi connectivity index (χ0v) is 14.5. The number of hydrogen-bond donors (Lipinski definition) is 2. The second-order valence-electron chi connectivity index (χ2n) is 6.04. The molecule has 1 aliphatic heterocycles. The van der Waals surface area contributed by atoms with Gasteiger partial charge in [0, 0.05) is 0 Å². The molecule has 0 fully saturated rings. The average molecular weight is 374 g/mol. The second-order valence-corrected chi connectivity index (χ2v) is 6.04. The molecular weight excluding hydrogens is 357 g/mol. The number of halogens is 3. The van der Waals surface area contributed by atoms with Crippen LogP contribution in [0, 0.1) is 24.4 Å². The maximum absolute atomic E-state index is 13.5. The Hall–Kier alpha value is -3.13. The molecule has 2 aromatic carbocycles. The molecule has 140 valence electrons.